The average Bonchev–Trinajstić information content (AvgIpc) is 3.19. The van der Waals surface area contributed by atoms with Crippen LogP contribution in [0, 0.1) is 35.0 Å². The number of rotatable bonds is 12. The van der Waals surface area contributed by atoms with Crippen molar-refractivity contribution in [3.63, 3.8) is 0 Å². The molecule has 5 heteroatoms. The molecule has 0 radical (unpaired) electrons. The first-order chi connectivity index (χ1) is 18.8. The third-order valence-corrected chi connectivity index (χ3v) is 16.6. The van der Waals surface area contributed by atoms with Gasteiger partial charge in [-0.05, 0) is 92.7 Å². The van der Waals surface area contributed by atoms with Crippen LogP contribution in [0.25, 0.3) is 0 Å². The number of fused-ring (bicyclic) bond motifs is 5. The Bertz CT molecular complexity index is 917. The van der Waals surface area contributed by atoms with Crippen LogP contribution in [0.4, 0.5) is 0 Å². The number of hydrogen-bond donors (Lipinski definition) is 0. The quantitative estimate of drug-likeness (QED) is 0.101. The lowest BCUT2D eigenvalue weighted by Crippen LogP contribution is -2.50. The van der Waals surface area contributed by atoms with Gasteiger partial charge in [0.25, 0.3) is 0 Å². The summed E-state index contributed by atoms with van der Waals surface area (Å²) in [5.74, 6) is 3.61. The Kier molecular flexibility index (Phi) is 10.5. The average molecular weight is 573 g/mol. The van der Waals surface area contributed by atoms with E-state index in [0.29, 0.717) is 40.9 Å². The molecule has 4 aliphatic carbocycles. The molecule has 3 saturated carbocycles. The predicted octanol–water partition coefficient (Wildman–Crippen LogP) is 9.43. The van der Waals surface area contributed by atoms with E-state index in [-0.39, 0.29) is 17.5 Å². The van der Waals surface area contributed by atoms with E-state index in [2.05, 4.69) is 46.9 Å². The minimum absolute atomic E-state index is 0.0854. The van der Waals surface area contributed by atoms with Crippen molar-refractivity contribution in [2.45, 2.75) is 155 Å². The highest BCUT2D eigenvalue weighted by atomic mass is 28.4. The second-order valence-corrected chi connectivity index (χ2v) is 20.5. The maximum Gasteiger partial charge on any atom is 0.302 e. The van der Waals surface area contributed by atoms with Gasteiger partial charge in [-0.15, -0.1) is 0 Å². The molecule has 0 saturated heterocycles. The lowest BCUT2D eigenvalue weighted by Gasteiger charge is -2.55. The van der Waals surface area contributed by atoms with Gasteiger partial charge in [0.05, 0.1) is 0 Å². The van der Waals surface area contributed by atoms with Crippen molar-refractivity contribution in [1.29, 1.82) is 0 Å². The van der Waals surface area contributed by atoms with E-state index in [1.807, 2.05) is 0 Å². The summed E-state index contributed by atoms with van der Waals surface area (Å²) in [7, 11) is -1.60. The first-order valence-electron chi connectivity index (χ1n) is 16.9. The molecule has 0 aromatic heterocycles. The number of ether oxygens (including phenoxy) is 1. The molecule has 4 rings (SSSR count). The molecular formula is C35H60O4Si. The van der Waals surface area contributed by atoms with Crippen LogP contribution in [-0.2, 0) is 18.8 Å². The van der Waals surface area contributed by atoms with E-state index in [0.717, 1.165) is 31.8 Å². The Labute approximate surface area is 246 Å². The summed E-state index contributed by atoms with van der Waals surface area (Å²) in [6.07, 6.45) is 20.2. The third kappa shape index (κ3) is 7.16. The number of carbonyl (C=O) groups is 2. The lowest BCUT2D eigenvalue weighted by molar-refractivity contribution is -0.156. The van der Waals surface area contributed by atoms with Crippen molar-refractivity contribution in [3.05, 3.63) is 11.6 Å². The number of allylic oxidation sites excluding steroid dienone is 2. The van der Waals surface area contributed by atoms with Gasteiger partial charge < -0.3 is 9.16 Å². The molecule has 0 bridgehead atoms. The minimum Gasteiger partial charge on any atom is -0.462 e. The number of carbonyl (C=O) groups excluding carboxylic acids is 2. The number of esters is 1. The Morgan fingerprint density at radius 3 is 2.35 bits per heavy atom. The highest BCUT2D eigenvalue weighted by molar-refractivity contribution is 6.74. The van der Waals surface area contributed by atoms with E-state index >= 15 is 0 Å². The van der Waals surface area contributed by atoms with Gasteiger partial charge in [0.1, 0.15) is 11.9 Å². The summed E-state index contributed by atoms with van der Waals surface area (Å²) in [6, 6.07) is 0. The molecule has 3 fully saturated rings. The zero-order valence-corrected chi connectivity index (χ0v) is 28.0. The molecule has 0 amide bonds. The Hall–Kier alpha value is -0.943. The van der Waals surface area contributed by atoms with E-state index < -0.39 is 8.32 Å². The molecular weight excluding hydrogens is 512 g/mol. The van der Waals surface area contributed by atoms with Gasteiger partial charge in [0.15, 0.2) is 8.32 Å². The molecule has 228 valence electrons. The van der Waals surface area contributed by atoms with Crippen LogP contribution >= 0.6 is 0 Å². The molecule has 3 unspecified atom stereocenters. The molecule has 0 heterocycles. The molecule has 7 atom stereocenters. The highest BCUT2D eigenvalue weighted by Crippen LogP contribution is 2.63. The summed E-state index contributed by atoms with van der Waals surface area (Å²) < 4.78 is 12.3. The van der Waals surface area contributed by atoms with E-state index in [1.54, 1.807) is 6.92 Å². The minimum atomic E-state index is -1.60. The molecule has 40 heavy (non-hydrogen) atoms. The van der Waals surface area contributed by atoms with Crippen LogP contribution in [0.2, 0.25) is 18.1 Å². The van der Waals surface area contributed by atoms with Gasteiger partial charge in [-0.1, -0.05) is 77.9 Å². The van der Waals surface area contributed by atoms with Gasteiger partial charge >= 0.3 is 5.97 Å². The van der Waals surface area contributed by atoms with Gasteiger partial charge in [-0.2, -0.15) is 0 Å². The van der Waals surface area contributed by atoms with Crippen molar-refractivity contribution in [2.75, 3.05) is 6.61 Å². The Balaban J connectivity index is 1.27. The summed E-state index contributed by atoms with van der Waals surface area (Å²) in [5.41, 5.74) is 1.61. The van der Waals surface area contributed by atoms with E-state index in [9.17, 15) is 9.59 Å². The molecule has 4 aliphatic rings. The van der Waals surface area contributed by atoms with Crippen molar-refractivity contribution in [3.8, 4) is 0 Å². The maximum absolute atomic E-state index is 12.4. The Morgan fingerprint density at radius 1 is 1.00 bits per heavy atom. The van der Waals surface area contributed by atoms with Gasteiger partial charge in [0.2, 0.25) is 0 Å². The summed E-state index contributed by atoms with van der Waals surface area (Å²) in [5, 5.41) is 0.298. The number of ketones is 1. The lowest BCUT2D eigenvalue weighted by atomic mass is 9.50. The fraction of sp³-hybridized carbons (Fsp3) is 0.886. The second-order valence-electron chi connectivity index (χ2n) is 15.7. The second kappa shape index (κ2) is 13.1. The molecule has 0 N–H and O–H groups in total. The maximum atomic E-state index is 12.4. The van der Waals surface area contributed by atoms with Crippen LogP contribution in [-0.4, -0.2) is 32.8 Å². The van der Waals surface area contributed by atoms with Crippen molar-refractivity contribution < 1.29 is 18.8 Å². The van der Waals surface area contributed by atoms with Crippen LogP contribution < -0.4 is 0 Å². The third-order valence-electron chi connectivity index (χ3n) is 12.1. The molecule has 0 spiro atoms. The van der Waals surface area contributed by atoms with Crippen molar-refractivity contribution in [2.24, 2.45) is 35.0 Å². The van der Waals surface area contributed by atoms with Crippen LogP contribution in [0.1, 0.15) is 131 Å². The molecule has 0 aromatic carbocycles. The smallest absolute Gasteiger partial charge is 0.302 e. The van der Waals surface area contributed by atoms with Crippen LogP contribution in [0.15, 0.2) is 11.6 Å². The van der Waals surface area contributed by atoms with Gasteiger partial charge in [0, 0.05) is 31.8 Å². The highest BCUT2D eigenvalue weighted by Gasteiger charge is 2.59. The van der Waals surface area contributed by atoms with Crippen molar-refractivity contribution >= 4 is 20.1 Å². The first kappa shape index (κ1) is 32.0. The SMILES string of the molecule is CC(=O)O[C@H]1CCC2C3C(CC[C@@]21C)[C@H]1CCC(=O)CC1=C[C@H]3CCCCCCCCCO[Si](C)(C)C(C)(C)C. The number of hydrogen-bond acceptors (Lipinski definition) is 4. The fourth-order valence-electron chi connectivity index (χ4n) is 8.85. The standard InChI is InChI=1S/C35H60O4Si/c1-25(36)39-32-19-18-31-33-26(15-13-11-9-8-10-12-14-22-38-40(6,7)34(2,3)4)23-27-24-28(37)16-17-29(27)30(33)20-21-35(31,32)5/h23,26,29-33H,8-22,24H2,1-7H3/t26-,29+,30?,31?,32+,33?,35+/m1/s1. The van der Waals surface area contributed by atoms with Crippen molar-refractivity contribution in [1.82, 2.24) is 0 Å². The van der Waals surface area contributed by atoms with Crippen LogP contribution in [0.3, 0.4) is 0 Å². The fourth-order valence-corrected chi connectivity index (χ4v) is 9.94. The molecule has 0 aliphatic heterocycles. The predicted molar refractivity (Wildman–Crippen MR) is 167 cm³/mol. The first-order valence-corrected chi connectivity index (χ1v) is 19.8. The topological polar surface area (TPSA) is 52.6 Å². The van der Waals surface area contributed by atoms with E-state index in [4.69, 9.17) is 9.16 Å². The van der Waals surface area contributed by atoms with E-state index in [1.165, 1.54) is 76.2 Å². The monoisotopic (exact) mass is 572 g/mol. The summed E-state index contributed by atoms with van der Waals surface area (Å²) >= 11 is 0. The zero-order valence-electron chi connectivity index (χ0n) is 27.0. The van der Waals surface area contributed by atoms with Crippen LogP contribution in [0.5, 0.6) is 0 Å². The zero-order chi connectivity index (χ0) is 29.1. The summed E-state index contributed by atoms with van der Waals surface area (Å²) in [4.78, 5) is 24.3. The normalized spacial score (nSPS) is 34.1. The number of Topliss-reactive ketones (excluding diaryl/α,β-unsaturated/α-hetero) is 1. The molecule has 0 aromatic rings. The largest absolute Gasteiger partial charge is 0.462 e. The molecule has 4 nitrogen and oxygen atoms in total. The Morgan fingerprint density at radius 2 is 1.68 bits per heavy atom. The number of unbranched alkanes of at least 4 members (excludes halogenated alkanes) is 6. The summed E-state index contributed by atoms with van der Waals surface area (Å²) in [6.45, 7) is 16.6. The van der Waals surface area contributed by atoms with Gasteiger partial charge in [-0.3, -0.25) is 9.59 Å². The van der Waals surface area contributed by atoms with Gasteiger partial charge in [-0.25, -0.2) is 0 Å².